The van der Waals surface area contributed by atoms with Gasteiger partial charge in [0.1, 0.15) is 5.75 Å². The van der Waals surface area contributed by atoms with Crippen molar-refractivity contribution < 1.29 is 31.1 Å². The molecule has 0 spiro atoms. The number of hydrogen-bond donors (Lipinski definition) is 0. The second-order valence-electron chi connectivity index (χ2n) is 9.51. The Hall–Kier alpha value is -3.04. The van der Waals surface area contributed by atoms with Crippen molar-refractivity contribution in [1.29, 1.82) is 0 Å². The molecule has 0 saturated carbocycles. The van der Waals surface area contributed by atoms with E-state index in [0.29, 0.717) is 25.3 Å². The number of ether oxygens (including phenoxy) is 1. The van der Waals surface area contributed by atoms with Crippen LogP contribution in [0.3, 0.4) is 0 Å². The van der Waals surface area contributed by atoms with E-state index in [1.165, 1.54) is 5.56 Å². The average Bonchev–Trinajstić information content (AvgIpc) is 2.89. The number of nitrogens with zero attached hydrogens (tertiary/aromatic N) is 2. The number of hydrogen-bond acceptors (Lipinski definition) is 3. The van der Waals surface area contributed by atoms with Crippen LogP contribution in [0, 0.1) is 0 Å². The maximum absolute atomic E-state index is 13.4. The van der Waals surface area contributed by atoms with Crippen molar-refractivity contribution in [2.24, 2.45) is 0 Å². The highest BCUT2D eigenvalue weighted by atomic mass is 19.4. The number of para-hydroxylation sites is 1. The minimum absolute atomic E-state index is 0.00904. The molecule has 0 aromatic heterocycles. The van der Waals surface area contributed by atoms with E-state index in [2.05, 4.69) is 21.9 Å². The van der Waals surface area contributed by atoms with Gasteiger partial charge < -0.3 is 4.74 Å². The molecular weight excluding hydrogens is 506 g/mol. The summed E-state index contributed by atoms with van der Waals surface area (Å²) in [5.74, 6) is 0.643. The molecule has 1 unspecified atom stereocenters. The predicted octanol–water partition coefficient (Wildman–Crippen LogP) is 7.22. The highest BCUT2D eigenvalue weighted by molar-refractivity contribution is 5.37. The van der Waals surface area contributed by atoms with Gasteiger partial charge in [-0.1, -0.05) is 48.5 Å². The second kappa shape index (κ2) is 11.8. The van der Waals surface area contributed by atoms with Crippen LogP contribution in [-0.4, -0.2) is 43.1 Å². The van der Waals surface area contributed by atoms with Gasteiger partial charge in [0.25, 0.3) is 0 Å². The lowest BCUT2D eigenvalue weighted by atomic mass is 9.94. The topological polar surface area (TPSA) is 15.7 Å². The van der Waals surface area contributed by atoms with Crippen molar-refractivity contribution in [2.45, 2.75) is 37.8 Å². The Morgan fingerprint density at radius 1 is 0.737 bits per heavy atom. The van der Waals surface area contributed by atoms with Crippen molar-refractivity contribution in [3.05, 3.63) is 101 Å². The monoisotopic (exact) mass is 536 g/mol. The third kappa shape index (κ3) is 7.08. The summed E-state index contributed by atoms with van der Waals surface area (Å²) in [5, 5.41) is 0. The molecular formula is C29H30F6N2O. The molecule has 9 heteroatoms. The third-order valence-electron chi connectivity index (χ3n) is 6.95. The van der Waals surface area contributed by atoms with E-state index >= 15 is 0 Å². The van der Waals surface area contributed by atoms with Crippen molar-refractivity contribution in [2.75, 3.05) is 33.3 Å². The fourth-order valence-electron chi connectivity index (χ4n) is 5.02. The average molecular weight is 537 g/mol. The summed E-state index contributed by atoms with van der Waals surface area (Å²) >= 11 is 0. The molecule has 1 heterocycles. The number of halogens is 6. The number of alkyl halides is 6. The Kier molecular flexibility index (Phi) is 8.67. The first-order valence-corrected chi connectivity index (χ1v) is 12.5. The van der Waals surface area contributed by atoms with Crippen molar-refractivity contribution in [3.63, 3.8) is 0 Å². The van der Waals surface area contributed by atoms with E-state index in [4.69, 9.17) is 4.74 Å². The molecule has 3 aromatic carbocycles. The highest BCUT2D eigenvalue weighted by Crippen LogP contribution is 2.38. The molecule has 0 bridgehead atoms. The molecule has 1 fully saturated rings. The molecule has 3 aromatic rings. The first-order chi connectivity index (χ1) is 18.0. The molecule has 1 atom stereocenters. The minimum Gasteiger partial charge on any atom is -0.496 e. The van der Waals surface area contributed by atoms with Crippen molar-refractivity contribution in [3.8, 4) is 5.75 Å². The van der Waals surface area contributed by atoms with E-state index in [9.17, 15) is 26.3 Å². The lowest BCUT2D eigenvalue weighted by Gasteiger charge is -2.40. The summed E-state index contributed by atoms with van der Waals surface area (Å²) < 4.78 is 85.9. The summed E-state index contributed by atoms with van der Waals surface area (Å²) in [6.45, 7) is 3.83. The molecule has 38 heavy (non-hydrogen) atoms. The van der Waals surface area contributed by atoms with Crippen LogP contribution in [0.15, 0.2) is 72.8 Å². The second-order valence-corrected chi connectivity index (χ2v) is 9.51. The van der Waals surface area contributed by atoms with Crippen LogP contribution >= 0.6 is 0 Å². The van der Waals surface area contributed by atoms with Gasteiger partial charge in [-0.15, -0.1) is 0 Å². The van der Waals surface area contributed by atoms with Crippen molar-refractivity contribution >= 4 is 0 Å². The minimum atomic E-state index is -4.87. The van der Waals surface area contributed by atoms with Gasteiger partial charge in [0, 0.05) is 44.3 Å². The maximum Gasteiger partial charge on any atom is 0.416 e. The summed E-state index contributed by atoms with van der Waals surface area (Å²) in [4.78, 5) is 4.59. The molecule has 0 aliphatic carbocycles. The van der Waals surface area contributed by atoms with Gasteiger partial charge >= 0.3 is 12.4 Å². The van der Waals surface area contributed by atoms with E-state index < -0.39 is 23.5 Å². The molecule has 204 valence electrons. The Morgan fingerprint density at radius 2 is 1.32 bits per heavy atom. The normalized spacial score (nSPS) is 16.4. The van der Waals surface area contributed by atoms with Crippen molar-refractivity contribution in [1.82, 2.24) is 9.80 Å². The molecule has 0 N–H and O–H groups in total. The van der Waals surface area contributed by atoms with Gasteiger partial charge in [-0.25, -0.2) is 0 Å². The van der Waals surface area contributed by atoms with Crippen LogP contribution in [0.1, 0.15) is 40.3 Å². The highest BCUT2D eigenvalue weighted by Gasteiger charge is 2.37. The number of piperazine rings is 1. The standard InChI is InChI=1S/C29H30F6N2O/c1-38-27-10-6-5-9-25(27)26(37-15-13-36(14-16-37)20-21-7-3-2-4-8-21)12-11-22-17-23(28(30,31)32)19-24(18-22)29(33,34)35/h2-10,17-19,26H,11-16,20H2,1H3. The van der Waals surface area contributed by atoms with Crippen LogP contribution in [-0.2, 0) is 25.3 Å². The fraction of sp³-hybridized carbons (Fsp3) is 0.379. The zero-order chi connectivity index (χ0) is 27.3. The predicted molar refractivity (Wildman–Crippen MR) is 134 cm³/mol. The molecule has 3 nitrogen and oxygen atoms in total. The van der Waals surface area contributed by atoms with Crippen LogP contribution in [0.4, 0.5) is 26.3 Å². The lowest BCUT2D eigenvalue weighted by Crippen LogP contribution is -2.47. The quantitative estimate of drug-likeness (QED) is 0.283. The maximum atomic E-state index is 13.4. The van der Waals surface area contributed by atoms with E-state index in [0.717, 1.165) is 37.3 Å². The fourth-order valence-corrected chi connectivity index (χ4v) is 5.02. The first-order valence-electron chi connectivity index (χ1n) is 12.5. The summed E-state index contributed by atoms with van der Waals surface area (Å²) in [7, 11) is 1.55. The molecule has 4 rings (SSSR count). The Labute approximate surface area is 218 Å². The number of aryl methyl sites for hydroxylation is 1. The van der Waals surface area contributed by atoms with Crippen LogP contribution in [0.25, 0.3) is 0 Å². The number of rotatable bonds is 8. The molecule has 1 saturated heterocycles. The van der Waals surface area contributed by atoms with E-state index in [-0.39, 0.29) is 24.1 Å². The summed E-state index contributed by atoms with van der Waals surface area (Å²) in [6.07, 6.45) is -9.34. The molecule has 1 aliphatic rings. The smallest absolute Gasteiger partial charge is 0.416 e. The third-order valence-corrected chi connectivity index (χ3v) is 6.95. The van der Waals surface area contributed by atoms with Gasteiger partial charge in [-0.2, -0.15) is 26.3 Å². The van der Waals surface area contributed by atoms with Crippen LogP contribution in [0.2, 0.25) is 0 Å². The SMILES string of the molecule is COc1ccccc1C(CCc1cc(C(F)(F)F)cc(C(F)(F)F)c1)N1CCN(Cc2ccccc2)CC1. The van der Waals surface area contributed by atoms with Gasteiger partial charge in [0.15, 0.2) is 0 Å². The largest absolute Gasteiger partial charge is 0.496 e. The lowest BCUT2D eigenvalue weighted by molar-refractivity contribution is -0.143. The Morgan fingerprint density at radius 3 is 1.89 bits per heavy atom. The summed E-state index contributed by atoms with van der Waals surface area (Å²) in [6, 6.07) is 19.2. The Bertz CT molecular complexity index is 1160. The zero-order valence-electron chi connectivity index (χ0n) is 21.0. The van der Waals surface area contributed by atoms with Gasteiger partial charge in [-0.05, 0) is 48.2 Å². The Balaban J connectivity index is 1.55. The van der Waals surface area contributed by atoms with Gasteiger partial charge in [0.2, 0.25) is 0 Å². The zero-order valence-corrected chi connectivity index (χ0v) is 21.0. The molecule has 0 amide bonds. The molecule has 0 radical (unpaired) electrons. The van der Waals surface area contributed by atoms with Gasteiger partial charge in [0.05, 0.1) is 18.2 Å². The van der Waals surface area contributed by atoms with E-state index in [1.54, 1.807) is 7.11 Å². The van der Waals surface area contributed by atoms with E-state index in [1.807, 2.05) is 42.5 Å². The molecule has 1 aliphatic heterocycles. The van der Waals surface area contributed by atoms with Gasteiger partial charge in [-0.3, -0.25) is 9.80 Å². The number of benzene rings is 3. The summed E-state index contributed by atoms with van der Waals surface area (Å²) in [5.41, 5.74) is -0.479. The van der Waals surface area contributed by atoms with Crippen LogP contribution in [0.5, 0.6) is 5.75 Å². The van der Waals surface area contributed by atoms with Crippen LogP contribution < -0.4 is 4.74 Å². The number of methoxy groups -OCH3 is 1. The first kappa shape index (κ1) is 28.0.